The Balaban J connectivity index is 2.22. The number of nitrogen functional groups attached to an aromatic ring is 1. The van der Waals surface area contributed by atoms with Crippen LogP contribution in [0.25, 0.3) is 0 Å². The van der Waals surface area contributed by atoms with Gasteiger partial charge >= 0.3 is 0 Å². The molecule has 0 radical (unpaired) electrons. The number of halogens is 1. The molecule has 0 aliphatic carbocycles. The van der Waals surface area contributed by atoms with Crippen LogP contribution in [0.15, 0.2) is 36.7 Å². The zero-order valence-corrected chi connectivity index (χ0v) is 10.2. The lowest BCUT2D eigenvalue weighted by atomic mass is 10.2. The van der Waals surface area contributed by atoms with Gasteiger partial charge in [-0.3, -0.25) is 9.78 Å². The molecule has 3 N–H and O–H groups in total. The molecule has 0 atom stereocenters. The van der Waals surface area contributed by atoms with Gasteiger partial charge in [-0.25, -0.2) is 4.39 Å². The molecule has 1 aromatic heterocycles. The van der Waals surface area contributed by atoms with Crippen LogP contribution in [0, 0.1) is 5.82 Å². The molecule has 0 fully saturated rings. The van der Waals surface area contributed by atoms with Crippen molar-refractivity contribution in [1.82, 2.24) is 4.98 Å². The summed E-state index contributed by atoms with van der Waals surface area (Å²) in [5, 5.41) is 2.53. The van der Waals surface area contributed by atoms with Gasteiger partial charge in [0.05, 0.1) is 30.2 Å². The van der Waals surface area contributed by atoms with Gasteiger partial charge in [0, 0.05) is 12.3 Å². The van der Waals surface area contributed by atoms with Gasteiger partial charge in [-0.15, -0.1) is 0 Å². The molecule has 0 saturated heterocycles. The molecule has 1 amide bonds. The van der Waals surface area contributed by atoms with Crippen molar-refractivity contribution in [2.45, 2.75) is 0 Å². The Hall–Kier alpha value is -2.63. The van der Waals surface area contributed by atoms with E-state index >= 15 is 0 Å². The highest BCUT2D eigenvalue weighted by atomic mass is 19.1. The molecule has 98 valence electrons. The molecule has 0 unspecified atom stereocenters. The molecular weight excluding hydrogens is 249 g/mol. The highest BCUT2D eigenvalue weighted by molar-refractivity contribution is 6.05. The fourth-order valence-electron chi connectivity index (χ4n) is 1.53. The molecule has 5 nitrogen and oxygen atoms in total. The van der Waals surface area contributed by atoms with Crippen molar-refractivity contribution in [3.05, 3.63) is 48.0 Å². The van der Waals surface area contributed by atoms with E-state index in [0.29, 0.717) is 17.1 Å². The number of aromatic nitrogens is 1. The fourth-order valence-corrected chi connectivity index (χ4v) is 1.53. The van der Waals surface area contributed by atoms with Crippen molar-refractivity contribution in [2.24, 2.45) is 0 Å². The molecule has 0 spiro atoms. The number of nitrogens with one attached hydrogen (secondary N) is 1. The maximum Gasteiger partial charge on any atom is 0.258 e. The van der Waals surface area contributed by atoms with Gasteiger partial charge in [0.2, 0.25) is 0 Å². The van der Waals surface area contributed by atoms with Crippen LogP contribution < -0.4 is 15.8 Å². The van der Waals surface area contributed by atoms with E-state index in [1.54, 1.807) is 18.2 Å². The number of carbonyl (C=O) groups is 1. The molecule has 0 bridgehead atoms. The summed E-state index contributed by atoms with van der Waals surface area (Å²) >= 11 is 0. The van der Waals surface area contributed by atoms with Crippen molar-refractivity contribution in [3.63, 3.8) is 0 Å². The number of anilines is 2. The Morgan fingerprint density at radius 3 is 2.84 bits per heavy atom. The number of amides is 1. The lowest BCUT2D eigenvalue weighted by Gasteiger charge is -2.09. The van der Waals surface area contributed by atoms with Crippen LogP contribution in [0.1, 0.15) is 10.4 Å². The van der Waals surface area contributed by atoms with Crippen LogP contribution in [-0.2, 0) is 0 Å². The maximum absolute atomic E-state index is 13.4. The summed E-state index contributed by atoms with van der Waals surface area (Å²) < 4.78 is 18.4. The van der Waals surface area contributed by atoms with E-state index in [1.807, 2.05) is 0 Å². The standard InChI is InChI=1S/C13H12FN3O2/c1-19-8-2-3-12(11(15)6-8)17-13(18)9-4-5-16-7-10(9)14/h2-7H,15H2,1H3,(H,17,18). The number of carbonyl (C=O) groups excluding carboxylic acids is 1. The molecule has 1 heterocycles. The van der Waals surface area contributed by atoms with Crippen LogP contribution in [0.2, 0.25) is 0 Å². The highest BCUT2D eigenvalue weighted by Gasteiger charge is 2.12. The number of hydrogen-bond acceptors (Lipinski definition) is 4. The van der Waals surface area contributed by atoms with Crippen molar-refractivity contribution in [1.29, 1.82) is 0 Å². The van der Waals surface area contributed by atoms with Crippen molar-refractivity contribution in [2.75, 3.05) is 18.2 Å². The topological polar surface area (TPSA) is 77.2 Å². The third kappa shape index (κ3) is 2.79. The second kappa shape index (κ2) is 5.34. The molecule has 0 saturated carbocycles. The van der Waals surface area contributed by atoms with Crippen LogP contribution >= 0.6 is 0 Å². The number of nitrogens with two attached hydrogens (primary N) is 1. The van der Waals surface area contributed by atoms with E-state index in [1.165, 1.54) is 19.4 Å². The molecule has 6 heteroatoms. The minimum atomic E-state index is -0.688. The predicted molar refractivity (Wildman–Crippen MR) is 69.6 cm³/mol. The number of hydrogen-bond donors (Lipinski definition) is 2. The normalized spacial score (nSPS) is 10.0. The molecule has 2 rings (SSSR count). The smallest absolute Gasteiger partial charge is 0.258 e. The number of ether oxygens (including phenoxy) is 1. The molecule has 0 aliphatic heterocycles. The first kappa shape index (κ1) is 12.8. The minimum absolute atomic E-state index is 0.0924. The van der Waals surface area contributed by atoms with Crippen molar-refractivity contribution in [3.8, 4) is 5.75 Å². The average Bonchev–Trinajstić information content (AvgIpc) is 2.41. The van der Waals surface area contributed by atoms with E-state index in [-0.39, 0.29) is 5.56 Å². The van der Waals surface area contributed by atoms with E-state index < -0.39 is 11.7 Å². The van der Waals surface area contributed by atoms with Gasteiger partial charge < -0.3 is 15.8 Å². The summed E-state index contributed by atoms with van der Waals surface area (Å²) in [6.07, 6.45) is 2.32. The van der Waals surface area contributed by atoms with Crippen molar-refractivity contribution < 1.29 is 13.9 Å². The van der Waals surface area contributed by atoms with Crippen LogP contribution in [0.5, 0.6) is 5.75 Å². The number of pyridine rings is 1. The number of rotatable bonds is 3. The summed E-state index contributed by atoms with van der Waals surface area (Å²) in [5.74, 6) is -0.700. The first-order valence-corrected chi connectivity index (χ1v) is 5.46. The third-order valence-electron chi connectivity index (χ3n) is 2.52. The Bertz CT molecular complexity index is 617. The van der Waals surface area contributed by atoms with Crippen molar-refractivity contribution >= 4 is 17.3 Å². The lowest BCUT2D eigenvalue weighted by Crippen LogP contribution is -2.15. The lowest BCUT2D eigenvalue weighted by molar-refractivity contribution is 0.102. The zero-order valence-electron chi connectivity index (χ0n) is 10.2. The Morgan fingerprint density at radius 1 is 1.42 bits per heavy atom. The summed E-state index contributed by atoms with van der Waals surface area (Å²) in [6, 6.07) is 6.10. The highest BCUT2D eigenvalue weighted by Crippen LogP contribution is 2.24. The summed E-state index contributed by atoms with van der Waals surface area (Å²) in [7, 11) is 1.51. The molecule has 1 aromatic carbocycles. The largest absolute Gasteiger partial charge is 0.497 e. The van der Waals surface area contributed by atoms with Gasteiger partial charge in [-0.05, 0) is 18.2 Å². The minimum Gasteiger partial charge on any atom is -0.497 e. The van der Waals surface area contributed by atoms with Crippen LogP contribution in [0.4, 0.5) is 15.8 Å². The quantitative estimate of drug-likeness (QED) is 0.829. The second-order valence-electron chi connectivity index (χ2n) is 3.76. The van der Waals surface area contributed by atoms with E-state index in [0.717, 1.165) is 6.20 Å². The Morgan fingerprint density at radius 2 is 2.21 bits per heavy atom. The summed E-state index contributed by atoms with van der Waals surface area (Å²) in [6.45, 7) is 0. The van der Waals surface area contributed by atoms with Gasteiger partial charge in [0.15, 0.2) is 5.82 Å². The monoisotopic (exact) mass is 261 g/mol. The van der Waals surface area contributed by atoms with Crippen LogP contribution in [0.3, 0.4) is 0 Å². The second-order valence-corrected chi connectivity index (χ2v) is 3.76. The number of nitrogens with zero attached hydrogens (tertiary/aromatic N) is 1. The van der Waals surface area contributed by atoms with E-state index in [2.05, 4.69) is 10.3 Å². The zero-order chi connectivity index (χ0) is 13.8. The molecular formula is C13H12FN3O2. The Kier molecular flexibility index (Phi) is 3.61. The van der Waals surface area contributed by atoms with Crippen LogP contribution in [-0.4, -0.2) is 18.0 Å². The third-order valence-corrected chi connectivity index (χ3v) is 2.52. The number of benzene rings is 1. The summed E-state index contributed by atoms with van der Waals surface area (Å²) in [4.78, 5) is 15.5. The summed E-state index contributed by atoms with van der Waals surface area (Å²) in [5.41, 5.74) is 6.39. The number of methoxy groups -OCH3 is 1. The average molecular weight is 261 g/mol. The van der Waals surface area contributed by atoms with Gasteiger partial charge in [-0.2, -0.15) is 0 Å². The first-order chi connectivity index (χ1) is 9.11. The molecule has 2 aromatic rings. The van der Waals surface area contributed by atoms with Gasteiger partial charge in [-0.1, -0.05) is 0 Å². The van der Waals surface area contributed by atoms with Gasteiger partial charge in [0.25, 0.3) is 5.91 Å². The fraction of sp³-hybridized carbons (Fsp3) is 0.0769. The predicted octanol–water partition coefficient (Wildman–Crippen LogP) is 2.06. The van der Waals surface area contributed by atoms with Gasteiger partial charge in [0.1, 0.15) is 5.75 Å². The first-order valence-electron chi connectivity index (χ1n) is 5.46. The Labute approximate surface area is 109 Å². The SMILES string of the molecule is COc1ccc(NC(=O)c2ccncc2F)c(N)c1. The van der Waals surface area contributed by atoms with E-state index in [9.17, 15) is 9.18 Å². The van der Waals surface area contributed by atoms with E-state index in [4.69, 9.17) is 10.5 Å². The molecule has 0 aliphatic rings. The molecule has 19 heavy (non-hydrogen) atoms. The maximum atomic E-state index is 13.4.